The molecule has 9 heteroatoms. The lowest BCUT2D eigenvalue weighted by Crippen LogP contribution is -2.51. The van der Waals surface area contributed by atoms with Gasteiger partial charge in [0.05, 0.1) is 6.54 Å². The monoisotopic (exact) mass is 610 g/mol. The van der Waals surface area contributed by atoms with Crippen molar-refractivity contribution in [3.63, 3.8) is 0 Å². The first kappa shape index (κ1) is 31.9. The zero-order valence-corrected chi connectivity index (χ0v) is 26.2. The van der Waals surface area contributed by atoms with E-state index in [1.54, 1.807) is 17.9 Å². The molecule has 2 atom stereocenters. The Hall–Kier alpha value is -4.50. The number of rotatable bonds is 0. The standard InChI is InChI=1S/C36H42N4O5/c1-24-22-38-36(2,3)21-32(41)39-30-19-18-27-9-4-7-12-31(27)40(35(30)44)23-25-14-16-26(17-15-25)28-10-5-6-11-29(28)34(43)37-20-8-13-33(42)45-24/h4-7,9-12,14-17,24,30,38H,8,13,18-23H2,1-3H3,(H,37,43)(H,39,41)/t24-,30+/m0/s1. The first-order valence-corrected chi connectivity index (χ1v) is 15.7. The first-order valence-electron chi connectivity index (χ1n) is 15.7. The quantitative estimate of drug-likeness (QED) is 0.322. The number of anilines is 1. The number of ether oxygens (including phenoxy) is 1. The molecule has 0 fully saturated rings. The molecule has 4 bridgehead atoms. The summed E-state index contributed by atoms with van der Waals surface area (Å²) in [6.45, 7) is 6.66. The normalized spacial score (nSPS) is 21.7. The number of nitrogens with zero attached hydrogens (tertiary/aromatic N) is 1. The van der Waals surface area contributed by atoms with Gasteiger partial charge in [0.25, 0.3) is 5.91 Å². The van der Waals surface area contributed by atoms with Crippen LogP contribution in [-0.4, -0.2) is 54.5 Å². The van der Waals surface area contributed by atoms with Gasteiger partial charge in [0.2, 0.25) is 11.8 Å². The third-order valence-corrected chi connectivity index (χ3v) is 8.31. The molecule has 0 unspecified atom stereocenters. The van der Waals surface area contributed by atoms with Crippen LogP contribution >= 0.6 is 0 Å². The number of benzene rings is 3. The number of amides is 3. The van der Waals surface area contributed by atoms with Crippen molar-refractivity contribution in [3.8, 4) is 11.1 Å². The Morgan fingerprint density at radius 1 is 0.867 bits per heavy atom. The van der Waals surface area contributed by atoms with Crippen LogP contribution in [0.15, 0.2) is 72.8 Å². The topological polar surface area (TPSA) is 117 Å². The predicted octanol–water partition coefficient (Wildman–Crippen LogP) is 4.53. The molecule has 3 N–H and O–H groups in total. The molecule has 3 aliphatic rings. The van der Waals surface area contributed by atoms with E-state index in [1.807, 2.05) is 80.6 Å². The number of aryl methyl sites for hydroxylation is 1. The van der Waals surface area contributed by atoms with Crippen molar-refractivity contribution in [1.29, 1.82) is 0 Å². The Kier molecular flexibility index (Phi) is 9.98. The van der Waals surface area contributed by atoms with Crippen molar-refractivity contribution >= 4 is 29.4 Å². The van der Waals surface area contributed by atoms with E-state index in [0.717, 1.165) is 27.9 Å². The van der Waals surface area contributed by atoms with Crippen LogP contribution in [0.25, 0.3) is 11.1 Å². The zero-order chi connectivity index (χ0) is 32.0. The summed E-state index contributed by atoms with van der Waals surface area (Å²) in [6.07, 6.45) is 1.52. The summed E-state index contributed by atoms with van der Waals surface area (Å²) in [5.74, 6) is -0.931. The molecule has 0 aliphatic carbocycles. The maximum absolute atomic E-state index is 14.0. The second-order valence-corrected chi connectivity index (χ2v) is 12.6. The molecule has 0 radical (unpaired) electrons. The Labute approximate surface area is 264 Å². The number of carbonyl (C=O) groups excluding carboxylic acids is 4. The van der Waals surface area contributed by atoms with Crippen LogP contribution in [0.2, 0.25) is 0 Å². The molecule has 0 saturated carbocycles. The predicted molar refractivity (Wildman–Crippen MR) is 174 cm³/mol. The number of fused-ring (bicyclic) bond motifs is 16. The SMILES string of the molecule is C[C@H]1CNC(C)(C)CC(=O)N[C@@H]2CCc3ccccc3N(Cc3ccc(cc3)-c3ccccc3C(=O)NCCCC(=O)O1)C2=O. The minimum absolute atomic E-state index is 0.146. The lowest BCUT2D eigenvalue weighted by molar-refractivity contribution is -0.148. The zero-order valence-electron chi connectivity index (χ0n) is 26.2. The summed E-state index contributed by atoms with van der Waals surface area (Å²) in [6, 6.07) is 22.5. The second-order valence-electron chi connectivity index (χ2n) is 12.6. The van der Waals surface area contributed by atoms with Gasteiger partial charge in [-0.3, -0.25) is 19.2 Å². The van der Waals surface area contributed by atoms with E-state index in [2.05, 4.69) is 16.0 Å². The fourth-order valence-electron chi connectivity index (χ4n) is 5.90. The highest BCUT2D eigenvalue weighted by molar-refractivity contribution is 6.01. The van der Waals surface area contributed by atoms with Gasteiger partial charge < -0.3 is 25.6 Å². The molecule has 236 valence electrons. The van der Waals surface area contributed by atoms with Crippen molar-refractivity contribution in [2.24, 2.45) is 0 Å². The molecule has 45 heavy (non-hydrogen) atoms. The molecule has 3 aromatic carbocycles. The smallest absolute Gasteiger partial charge is 0.306 e. The molecule has 9 nitrogen and oxygen atoms in total. The summed E-state index contributed by atoms with van der Waals surface area (Å²) in [7, 11) is 0. The molecule has 0 spiro atoms. The van der Waals surface area contributed by atoms with Crippen LogP contribution in [0.4, 0.5) is 5.69 Å². The number of hydrogen-bond donors (Lipinski definition) is 3. The van der Waals surface area contributed by atoms with E-state index < -0.39 is 17.7 Å². The van der Waals surface area contributed by atoms with Crippen LogP contribution in [0.5, 0.6) is 0 Å². The number of hydrogen-bond acceptors (Lipinski definition) is 6. The summed E-state index contributed by atoms with van der Waals surface area (Å²) in [4.78, 5) is 54.6. The van der Waals surface area contributed by atoms with Gasteiger partial charge in [-0.2, -0.15) is 0 Å². The van der Waals surface area contributed by atoms with Crippen LogP contribution in [0.1, 0.15) is 67.9 Å². The highest BCUT2D eigenvalue weighted by Gasteiger charge is 2.33. The van der Waals surface area contributed by atoms with E-state index in [1.165, 1.54) is 0 Å². The fraction of sp³-hybridized carbons (Fsp3) is 0.389. The number of esters is 1. The number of para-hydroxylation sites is 1. The van der Waals surface area contributed by atoms with Crippen LogP contribution in [-0.2, 0) is 32.1 Å². The average molecular weight is 611 g/mol. The molecule has 0 saturated heterocycles. The van der Waals surface area contributed by atoms with Gasteiger partial charge >= 0.3 is 5.97 Å². The highest BCUT2D eigenvalue weighted by Crippen LogP contribution is 2.30. The Morgan fingerprint density at radius 2 is 1.58 bits per heavy atom. The minimum Gasteiger partial charge on any atom is -0.461 e. The van der Waals surface area contributed by atoms with Gasteiger partial charge in [-0.1, -0.05) is 60.7 Å². The molecule has 3 amide bonds. The summed E-state index contributed by atoms with van der Waals surface area (Å²) in [5.41, 5.74) is 4.44. The van der Waals surface area contributed by atoms with Gasteiger partial charge in [0.15, 0.2) is 0 Å². The lowest BCUT2D eigenvalue weighted by Gasteiger charge is -2.29. The largest absolute Gasteiger partial charge is 0.461 e. The average Bonchev–Trinajstić information content (AvgIpc) is 3.14. The van der Waals surface area contributed by atoms with Gasteiger partial charge in [0, 0.05) is 42.7 Å². The van der Waals surface area contributed by atoms with E-state index in [4.69, 9.17) is 4.74 Å². The minimum atomic E-state index is -0.671. The Balaban J connectivity index is 1.44. The van der Waals surface area contributed by atoms with Crippen molar-refractivity contribution in [1.82, 2.24) is 16.0 Å². The molecule has 0 aromatic heterocycles. The summed E-state index contributed by atoms with van der Waals surface area (Å²) < 4.78 is 5.55. The number of nitrogens with one attached hydrogen (secondary N) is 3. The van der Waals surface area contributed by atoms with Crippen molar-refractivity contribution in [2.45, 2.75) is 77.1 Å². The summed E-state index contributed by atoms with van der Waals surface area (Å²) >= 11 is 0. The van der Waals surface area contributed by atoms with Gasteiger partial charge in [-0.05, 0) is 74.4 Å². The molecular weight excluding hydrogens is 568 g/mol. The molecule has 6 rings (SSSR count). The van der Waals surface area contributed by atoms with Crippen LogP contribution in [0, 0.1) is 0 Å². The maximum atomic E-state index is 14.0. The van der Waals surface area contributed by atoms with Crippen molar-refractivity contribution < 1.29 is 23.9 Å². The first-order chi connectivity index (χ1) is 21.6. The highest BCUT2D eigenvalue weighted by atomic mass is 16.5. The molecular formula is C36H42N4O5. The van der Waals surface area contributed by atoms with Gasteiger partial charge in [-0.25, -0.2) is 0 Å². The van der Waals surface area contributed by atoms with Crippen LogP contribution in [0.3, 0.4) is 0 Å². The fourth-order valence-corrected chi connectivity index (χ4v) is 5.90. The van der Waals surface area contributed by atoms with E-state index in [0.29, 0.717) is 44.5 Å². The summed E-state index contributed by atoms with van der Waals surface area (Å²) in [5, 5.41) is 9.27. The van der Waals surface area contributed by atoms with Gasteiger partial charge in [0.1, 0.15) is 12.1 Å². The molecule has 3 aliphatic heterocycles. The van der Waals surface area contributed by atoms with E-state index in [-0.39, 0.29) is 36.5 Å². The van der Waals surface area contributed by atoms with Crippen molar-refractivity contribution in [2.75, 3.05) is 18.0 Å². The molecule has 3 heterocycles. The van der Waals surface area contributed by atoms with Gasteiger partial charge in [-0.15, -0.1) is 0 Å². The molecule has 3 aromatic rings. The Morgan fingerprint density at radius 3 is 2.36 bits per heavy atom. The van der Waals surface area contributed by atoms with E-state index >= 15 is 0 Å². The third-order valence-electron chi connectivity index (χ3n) is 8.31. The number of carbonyl (C=O) groups is 4. The lowest BCUT2D eigenvalue weighted by atomic mass is 9.98. The van der Waals surface area contributed by atoms with Crippen molar-refractivity contribution in [3.05, 3.63) is 89.5 Å². The maximum Gasteiger partial charge on any atom is 0.306 e. The second kappa shape index (κ2) is 14.1. The Bertz CT molecular complexity index is 1550. The van der Waals surface area contributed by atoms with E-state index in [9.17, 15) is 19.2 Å². The van der Waals surface area contributed by atoms with Crippen LogP contribution < -0.4 is 20.9 Å². The third kappa shape index (κ3) is 8.16.